The maximum Gasteiger partial charge on any atom is 0.341 e. The van der Waals surface area contributed by atoms with E-state index >= 15 is 0 Å². The van der Waals surface area contributed by atoms with Gasteiger partial charge in [-0.2, -0.15) is 4.31 Å². The van der Waals surface area contributed by atoms with Crippen molar-refractivity contribution in [3.8, 4) is 0 Å². The summed E-state index contributed by atoms with van der Waals surface area (Å²) in [6.07, 6.45) is 7.83. The Morgan fingerprint density at radius 2 is 1.74 bits per heavy atom. The van der Waals surface area contributed by atoms with Gasteiger partial charge in [0.15, 0.2) is 0 Å². The Kier molecular flexibility index (Phi) is 8.82. The number of fused-ring (bicyclic) bond motifs is 1. The number of hydrogen-bond acceptors (Lipinski definition) is 6. The maximum atomic E-state index is 13.0. The van der Waals surface area contributed by atoms with E-state index in [1.807, 2.05) is 0 Å². The van der Waals surface area contributed by atoms with Crippen LogP contribution in [0.4, 0.5) is 5.00 Å². The van der Waals surface area contributed by atoms with Gasteiger partial charge in [-0.05, 0) is 62.4 Å². The molecule has 2 aromatic rings. The summed E-state index contributed by atoms with van der Waals surface area (Å²) in [6.45, 7) is 9.51. The number of hydrogen-bond donors (Lipinski definition) is 1. The highest BCUT2D eigenvalue weighted by Gasteiger charge is 2.27. The van der Waals surface area contributed by atoms with E-state index in [-0.39, 0.29) is 30.2 Å². The minimum absolute atomic E-state index is 0.0720. The Balaban J connectivity index is 1.86. The van der Waals surface area contributed by atoms with Crippen LogP contribution in [0, 0.1) is 0 Å². The standard InChI is InChI=1S/C25H30N2O5S2/c1-4-16-27(17-5-2)34(30,31)19-14-12-18(13-15-19)23(28)26-24-22(25(29)32-6-3)20-10-8-7-9-11-21(20)33-24/h4-5,12-15H,1-2,6-11,16-17H2,3H3,(H,26,28). The molecule has 0 saturated heterocycles. The zero-order valence-electron chi connectivity index (χ0n) is 19.3. The van der Waals surface area contributed by atoms with Crippen LogP contribution in [-0.4, -0.2) is 44.3 Å². The second-order valence-electron chi connectivity index (χ2n) is 7.87. The SMILES string of the molecule is C=CCN(CC=C)S(=O)(=O)c1ccc(C(=O)Nc2sc3c(c2C(=O)OCC)CCCCC3)cc1. The first-order valence-corrected chi connectivity index (χ1v) is 13.5. The van der Waals surface area contributed by atoms with Gasteiger partial charge in [0.05, 0.1) is 17.1 Å². The molecular formula is C25H30N2O5S2. The fourth-order valence-electron chi connectivity index (χ4n) is 3.91. The van der Waals surface area contributed by atoms with Gasteiger partial charge in [0, 0.05) is 23.5 Å². The lowest BCUT2D eigenvalue weighted by Gasteiger charge is -2.19. The number of carbonyl (C=O) groups excluding carboxylic acids is 2. The molecule has 0 aliphatic heterocycles. The number of ether oxygens (including phenoxy) is 1. The summed E-state index contributed by atoms with van der Waals surface area (Å²) in [7, 11) is -3.76. The molecule has 1 aliphatic carbocycles. The van der Waals surface area contributed by atoms with Crippen molar-refractivity contribution < 1.29 is 22.7 Å². The second kappa shape index (κ2) is 11.6. The minimum Gasteiger partial charge on any atom is -0.462 e. The number of thiophene rings is 1. The zero-order chi connectivity index (χ0) is 24.7. The van der Waals surface area contributed by atoms with Crippen molar-refractivity contribution in [2.75, 3.05) is 25.0 Å². The Morgan fingerprint density at radius 1 is 1.09 bits per heavy atom. The van der Waals surface area contributed by atoms with E-state index in [4.69, 9.17) is 4.74 Å². The molecule has 1 amide bonds. The summed E-state index contributed by atoms with van der Waals surface area (Å²) in [5.41, 5.74) is 1.71. The first kappa shape index (κ1) is 25.9. The third kappa shape index (κ3) is 5.65. The van der Waals surface area contributed by atoms with Crippen molar-refractivity contribution in [3.63, 3.8) is 0 Å². The molecule has 3 rings (SSSR count). The van der Waals surface area contributed by atoms with Crippen molar-refractivity contribution in [3.05, 3.63) is 71.1 Å². The van der Waals surface area contributed by atoms with Gasteiger partial charge < -0.3 is 10.1 Å². The fourth-order valence-corrected chi connectivity index (χ4v) is 6.57. The van der Waals surface area contributed by atoms with Gasteiger partial charge in [-0.15, -0.1) is 24.5 Å². The van der Waals surface area contributed by atoms with Crippen LogP contribution in [-0.2, 0) is 27.6 Å². The van der Waals surface area contributed by atoms with E-state index in [0.717, 1.165) is 42.5 Å². The van der Waals surface area contributed by atoms with Crippen LogP contribution in [0.1, 0.15) is 57.3 Å². The third-order valence-corrected chi connectivity index (χ3v) is 8.60. The molecule has 7 nitrogen and oxygen atoms in total. The van der Waals surface area contributed by atoms with Crippen molar-refractivity contribution in [1.29, 1.82) is 0 Å². The number of rotatable bonds is 10. The third-order valence-electron chi connectivity index (χ3n) is 5.55. The monoisotopic (exact) mass is 502 g/mol. The Hall–Kier alpha value is -2.75. The molecule has 1 heterocycles. The Labute approximate surface area is 205 Å². The summed E-state index contributed by atoms with van der Waals surface area (Å²) in [4.78, 5) is 26.9. The lowest BCUT2D eigenvalue weighted by atomic mass is 10.1. The minimum atomic E-state index is -3.76. The molecule has 0 saturated carbocycles. The van der Waals surface area contributed by atoms with E-state index in [9.17, 15) is 18.0 Å². The van der Waals surface area contributed by atoms with E-state index in [1.54, 1.807) is 6.92 Å². The predicted octanol–water partition coefficient (Wildman–Crippen LogP) is 4.81. The molecule has 0 radical (unpaired) electrons. The van der Waals surface area contributed by atoms with E-state index in [2.05, 4.69) is 18.5 Å². The molecular weight excluding hydrogens is 472 g/mol. The number of sulfonamides is 1. The van der Waals surface area contributed by atoms with Gasteiger partial charge in [0.2, 0.25) is 10.0 Å². The Bertz CT molecular complexity index is 1160. The van der Waals surface area contributed by atoms with Crippen LogP contribution >= 0.6 is 11.3 Å². The van der Waals surface area contributed by atoms with Crippen molar-refractivity contribution in [2.24, 2.45) is 0 Å². The number of carbonyl (C=O) groups is 2. The quantitative estimate of drug-likeness (QED) is 0.286. The van der Waals surface area contributed by atoms with Crippen LogP contribution < -0.4 is 5.32 Å². The first-order valence-electron chi connectivity index (χ1n) is 11.3. The fraction of sp³-hybridized carbons (Fsp3) is 0.360. The number of anilines is 1. The molecule has 1 aromatic heterocycles. The van der Waals surface area contributed by atoms with Gasteiger partial charge in [-0.3, -0.25) is 4.79 Å². The number of amides is 1. The largest absolute Gasteiger partial charge is 0.462 e. The second-order valence-corrected chi connectivity index (χ2v) is 10.9. The molecule has 1 N–H and O–H groups in total. The highest BCUT2D eigenvalue weighted by Crippen LogP contribution is 2.38. The molecule has 0 unspecified atom stereocenters. The van der Waals surface area contributed by atoms with Crippen molar-refractivity contribution >= 4 is 38.2 Å². The molecule has 0 spiro atoms. The highest BCUT2D eigenvalue weighted by atomic mass is 32.2. The van der Waals surface area contributed by atoms with Crippen LogP contribution in [0.2, 0.25) is 0 Å². The molecule has 1 aliphatic rings. The molecule has 0 atom stereocenters. The Morgan fingerprint density at radius 3 is 2.35 bits per heavy atom. The number of aryl methyl sites for hydroxylation is 1. The average molecular weight is 503 g/mol. The van der Waals surface area contributed by atoms with E-state index in [1.165, 1.54) is 52.1 Å². The van der Waals surface area contributed by atoms with Gasteiger partial charge in [-0.25, -0.2) is 13.2 Å². The van der Waals surface area contributed by atoms with Crippen molar-refractivity contribution in [1.82, 2.24) is 4.31 Å². The molecule has 9 heteroatoms. The zero-order valence-corrected chi connectivity index (χ0v) is 21.0. The summed E-state index contributed by atoms with van der Waals surface area (Å²) in [6, 6.07) is 5.73. The lowest BCUT2D eigenvalue weighted by molar-refractivity contribution is 0.0527. The van der Waals surface area contributed by atoms with E-state index < -0.39 is 21.9 Å². The van der Waals surface area contributed by atoms with Crippen LogP contribution in [0.5, 0.6) is 0 Å². The van der Waals surface area contributed by atoms with Crippen LogP contribution in [0.25, 0.3) is 0 Å². The van der Waals surface area contributed by atoms with Gasteiger partial charge in [0.1, 0.15) is 5.00 Å². The number of esters is 1. The van der Waals surface area contributed by atoms with Gasteiger partial charge in [0.25, 0.3) is 5.91 Å². The molecule has 34 heavy (non-hydrogen) atoms. The topological polar surface area (TPSA) is 92.8 Å². The number of benzene rings is 1. The summed E-state index contributed by atoms with van der Waals surface area (Å²) in [5.74, 6) is -0.844. The predicted molar refractivity (Wildman–Crippen MR) is 135 cm³/mol. The molecule has 1 aromatic carbocycles. The lowest BCUT2D eigenvalue weighted by Crippen LogP contribution is -2.31. The maximum absolute atomic E-state index is 13.0. The van der Waals surface area contributed by atoms with Gasteiger partial charge in [-0.1, -0.05) is 18.6 Å². The molecule has 0 bridgehead atoms. The number of nitrogens with zero attached hydrogens (tertiary/aromatic N) is 1. The van der Waals surface area contributed by atoms with Crippen LogP contribution in [0.3, 0.4) is 0 Å². The smallest absolute Gasteiger partial charge is 0.341 e. The number of nitrogens with one attached hydrogen (secondary N) is 1. The summed E-state index contributed by atoms with van der Waals surface area (Å²) in [5, 5.41) is 3.34. The van der Waals surface area contributed by atoms with Crippen LogP contribution in [0.15, 0.2) is 54.5 Å². The van der Waals surface area contributed by atoms with Crippen molar-refractivity contribution in [2.45, 2.75) is 43.9 Å². The average Bonchev–Trinajstić information content (AvgIpc) is 2.99. The normalized spacial score (nSPS) is 13.6. The molecule has 182 valence electrons. The first-order chi connectivity index (χ1) is 16.3. The summed E-state index contributed by atoms with van der Waals surface area (Å²) >= 11 is 1.42. The highest BCUT2D eigenvalue weighted by molar-refractivity contribution is 7.89. The van der Waals surface area contributed by atoms with E-state index in [0.29, 0.717) is 10.6 Å². The van der Waals surface area contributed by atoms with Gasteiger partial charge >= 0.3 is 5.97 Å². The summed E-state index contributed by atoms with van der Waals surface area (Å²) < 4.78 is 32.3. The molecule has 0 fully saturated rings.